The molecular formula is C14H27IN6O. The van der Waals surface area contributed by atoms with Crippen LogP contribution in [0, 0.1) is 13.8 Å². The number of aryl methyl sites for hydroxylation is 2. The molecule has 126 valence electrons. The third kappa shape index (κ3) is 5.82. The van der Waals surface area contributed by atoms with Crippen LogP contribution in [0.25, 0.3) is 0 Å². The molecule has 0 saturated carbocycles. The van der Waals surface area contributed by atoms with Gasteiger partial charge < -0.3 is 15.5 Å². The van der Waals surface area contributed by atoms with Crippen LogP contribution < -0.4 is 10.6 Å². The molecule has 1 rings (SSSR count). The minimum atomic E-state index is 0. The Labute approximate surface area is 149 Å². The molecule has 2 N–H and O–H groups in total. The topological polar surface area (TPSA) is 74.5 Å². The summed E-state index contributed by atoms with van der Waals surface area (Å²) < 4.78 is 1.86. The fourth-order valence-corrected chi connectivity index (χ4v) is 1.86. The number of carbonyl (C=O) groups excluding carboxylic acids is 1. The Hall–Kier alpha value is -1.32. The van der Waals surface area contributed by atoms with Gasteiger partial charge in [-0.15, -0.1) is 24.0 Å². The number of likely N-dealkylation sites (N-methyl/N-ethyl adjacent to an activating group) is 1. The maximum atomic E-state index is 11.6. The molecule has 7 nitrogen and oxygen atoms in total. The van der Waals surface area contributed by atoms with Crippen LogP contribution in [0.15, 0.2) is 4.99 Å². The van der Waals surface area contributed by atoms with Crippen molar-refractivity contribution in [2.24, 2.45) is 12.0 Å². The van der Waals surface area contributed by atoms with E-state index in [0.717, 1.165) is 23.5 Å². The summed E-state index contributed by atoms with van der Waals surface area (Å²) in [6.45, 7) is 7.51. The van der Waals surface area contributed by atoms with E-state index in [2.05, 4.69) is 20.7 Å². The van der Waals surface area contributed by atoms with Crippen LogP contribution in [0.1, 0.15) is 23.9 Å². The number of hydrogen-bond acceptors (Lipinski definition) is 3. The third-order valence-electron chi connectivity index (χ3n) is 3.30. The highest BCUT2D eigenvalue weighted by molar-refractivity contribution is 14.0. The molecule has 0 aromatic carbocycles. The molecule has 0 unspecified atom stereocenters. The van der Waals surface area contributed by atoms with Crippen LogP contribution in [0.2, 0.25) is 0 Å². The standard InChI is InChI=1S/C14H26N6O.HI/c1-7-15-14(17-9-13(21)19(4)5)16-8-12-10(2)18-20(6)11(12)3;/h7-9H2,1-6H3,(H2,15,16,17);1H. The monoisotopic (exact) mass is 422 g/mol. The van der Waals surface area contributed by atoms with E-state index in [4.69, 9.17) is 0 Å². The van der Waals surface area contributed by atoms with Crippen LogP contribution in [-0.4, -0.2) is 53.7 Å². The molecular weight excluding hydrogens is 395 g/mol. The number of nitrogens with one attached hydrogen (secondary N) is 2. The summed E-state index contributed by atoms with van der Waals surface area (Å²) in [5.74, 6) is 0.643. The predicted molar refractivity (Wildman–Crippen MR) is 99.6 cm³/mol. The van der Waals surface area contributed by atoms with Gasteiger partial charge in [0.1, 0.15) is 0 Å². The highest BCUT2D eigenvalue weighted by Gasteiger charge is 2.09. The Kier molecular flexibility index (Phi) is 9.07. The second-order valence-electron chi connectivity index (χ2n) is 5.11. The molecule has 0 aliphatic rings. The van der Waals surface area contributed by atoms with Crippen molar-refractivity contribution in [2.75, 3.05) is 27.2 Å². The lowest BCUT2D eigenvalue weighted by Crippen LogP contribution is -2.42. The Morgan fingerprint density at radius 3 is 2.41 bits per heavy atom. The lowest BCUT2D eigenvalue weighted by Gasteiger charge is -2.14. The largest absolute Gasteiger partial charge is 0.357 e. The van der Waals surface area contributed by atoms with E-state index in [1.54, 1.807) is 19.0 Å². The van der Waals surface area contributed by atoms with Crippen LogP contribution in [0.3, 0.4) is 0 Å². The zero-order valence-electron chi connectivity index (χ0n) is 14.2. The average molecular weight is 422 g/mol. The van der Waals surface area contributed by atoms with Gasteiger partial charge in [0, 0.05) is 38.9 Å². The van der Waals surface area contributed by atoms with Crippen molar-refractivity contribution >= 4 is 35.8 Å². The van der Waals surface area contributed by atoms with Gasteiger partial charge in [-0.05, 0) is 20.8 Å². The Morgan fingerprint density at radius 2 is 1.95 bits per heavy atom. The first-order chi connectivity index (χ1) is 9.86. The number of aromatic nitrogens is 2. The number of aliphatic imine (C=N–C) groups is 1. The Morgan fingerprint density at radius 1 is 1.32 bits per heavy atom. The van der Waals surface area contributed by atoms with Crippen molar-refractivity contribution in [3.05, 3.63) is 17.0 Å². The average Bonchev–Trinajstić information content (AvgIpc) is 2.66. The Bertz CT molecular complexity index is 524. The summed E-state index contributed by atoms with van der Waals surface area (Å²) in [5.41, 5.74) is 3.21. The normalized spacial score (nSPS) is 10.9. The molecule has 0 fully saturated rings. The smallest absolute Gasteiger partial charge is 0.241 e. The van der Waals surface area contributed by atoms with E-state index in [1.807, 2.05) is 32.5 Å². The van der Waals surface area contributed by atoms with Crippen molar-refractivity contribution < 1.29 is 4.79 Å². The van der Waals surface area contributed by atoms with Gasteiger partial charge in [-0.25, -0.2) is 4.99 Å². The minimum Gasteiger partial charge on any atom is -0.357 e. The lowest BCUT2D eigenvalue weighted by molar-refractivity contribution is -0.127. The summed E-state index contributed by atoms with van der Waals surface area (Å²) in [6.07, 6.45) is 0. The van der Waals surface area contributed by atoms with Gasteiger partial charge in [0.25, 0.3) is 0 Å². The molecule has 1 amide bonds. The van der Waals surface area contributed by atoms with E-state index in [0.29, 0.717) is 12.5 Å². The van der Waals surface area contributed by atoms with Crippen LogP contribution >= 0.6 is 24.0 Å². The maximum Gasteiger partial charge on any atom is 0.241 e. The van der Waals surface area contributed by atoms with Gasteiger partial charge in [-0.2, -0.15) is 5.10 Å². The van der Waals surface area contributed by atoms with Crippen molar-refractivity contribution in [3.8, 4) is 0 Å². The van der Waals surface area contributed by atoms with E-state index < -0.39 is 0 Å². The Balaban J connectivity index is 0.00000441. The minimum absolute atomic E-state index is 0. The molecule has 0 aliphatic carbocycles. The molecule has 0 aliphatic heterocycles. The summed E-state index contributed by atoms with van der Waals surface area (Å²) in [7, 11) is 5.39. The quantitative estimate of drug-likeness (QED) is 0.418. The number of carbonyl (C=O) groups is 1. The molecule has 0 spiro atoms. The summed E-state index contributed by atoms with van der Waals surface area (Å²) in [4.78, 5) is 17.7. The van der Waals surface area contributed by atoms with Crippen molar-refractivity contribution in [3.63, 3.8) is 0 Å². The third-order valence-corrected chi connectivity index (χ3v) is 3.30. The van der Waals surface area contributed by atoms with E-state index in [-0.39, 0.29) is 36.4 Å². The van der Waals surface area contributed by atoms with Gasteiger partial charge in [0.05, 0.1) is 18.8 Å². The van der Waals surface area contributed by atoms with Gasteiger partial charge in [0.15, 0.2) is 5.96 Å². The first-order valence-electron chi connectivity index (χ1n) is 7.08. The van der Waals surface area contributed by atoms with Crippen molar-refractivity contribution in [1.29, 1.82) is 0 Å². The highest BCUT2D eigenvalue weighted by atomic mass is 127. The first kappa shape index (κ1) is 20.7. The van der Waals surface area contributed by atoms with Gasteiger partial charge >= 0.3 is 0 Å². The molecule has 0 saturated heterocycles. The van der Waals surface area contributed by atoms with Crippen LogP contribution in [0.5, 0.6) is 0 Å². The number of rotatable bonds is 5. The van der Waals surface area contributed by atoms with Crippen molar-refractivity contribution in [1.82, 2.24) is 25.3 Å². The molecule has 0 atom stereocenters. The molecule has 0 bridgehead atoms. The van der Waals surface area contributed by atoms with Crippen LogP contribution in [0.4, 0.5) is 0 Å². The van der Waals surface area contributed by atoms with Gasteiger partial charge in [-0.3, -0.25) is 9.48 Å². The molecule has 22 heavy (non-hydrogen) atoms. The van der Waals surface area contributed by atoms with Crippen molar-refractivity contribution in [2.45, 2.75) is 27.3 Å². The highest BCUT2D eigenvalue weighted by Crippen LogP contribution is 2.12. The molecule has 8 heteroatoms. The summed E-state index contributed by atoms with van der Waals surface area (Å²) in [5, 5.41) is 10.5. The van der Waals surface area contributed by atoms with E-state index in [9.17, 15) is 4.79 Å². The second-order valence-corrected chi connectivity index (χ2v) is 5.11. The molecule has 1 aromatic heterocycles. The number of nitrogens with zero attached hydrogens (tertiary/aromatic N) is 4. The number of halogens is 1. The fraction of sp³-hybridized carbons (Fsp3) is 0.643. The fourth-order valence-electron chi connectivity index (χ4n) is 1.86. The van der Waals surface area contributed by atoms with Gasteiger partial charge in [0.2, 0.25) is 5.91 Å². The lowest BCUT2D eigenvalue weighted by atomic mass is 10.2. The van der Waals surface area contributed by atoms with E-state index >= 15 is 0 Å². The SMILES string of the molecule is CCNC(=NCc1c(C)nn(C)c1C)NCC(=O)N(C)C.I. The number of amides is 1. The van der Waals surface area contributed by atoms with Crippen LogP contribution in [-0.2, 0) is 18.4 Å². The molecule has 0 radical (unpaired) electrons. The maximum absolute atomic E-state index is 11.6. The van der Waals surface area contributed by atoms with E-state index in [1.165, 1.54) is 0 Å². The predicted octanol–water partition coefficient (Wildman–Crippen LogP) is 0.798. The zero-order valence-corrected chi connectivity index (χ0v) is 16.6. The van der Waals surface area contributed by atoms with Gasteiger partial charge in [-0.1, -0.05) is 0 Å². The second kappa shape index (κ2) is 9.65. The summed E-state index contributed by atoms with van der Waals surface area (Å²) in [6, 6.07) is 0. The summed E-state index contributed by atoms with van der Waals surface area (Å²) >= 11 is 0. The zero-order chi connectivity index (χ0) is 16.0. The molecule has 1 heterocycles. The first-order valence-corrected chi connectivity index (χ1v) is 7.08. The molecule has 1 aromatic rings. The number of guanidine groups is 1. The number of hydrogen-bond donors (Lipinski definition) is 2.